The lowest BCUT2D eigenvalue weighted by Crippen LogP contribution is -2.49. The molecule has 31 heavy (non-hydrogen) atoms. The van der Waals surface area contributed by atoms with E-state index < -0.39 is 12.6 Å². The Morgan fingerprint density at radius 2 is 1.90 bits per heavy atom. The van der Waals surface area contributed by atoms with Crippen LogP contribution in [0.1, 0.15) is 12.0 Å². The van der Waals surface area contributed by atoms with Crippen LogP contribution in [0.3, 0.4) is 0 Å². The monoisotopic (exact) mass is 433 g/mol. The zero-order chi connectivity index (χ0) is 22.2. The predicted octanol–water partition coefficient (Wildman–Crippen LogP) is 2.85. The Balaban J connectivity index is 1.42. The summed E-state index contributed by atoms with van der Waals surface area (Å²) < 4.78 is 29.6. The van der Waals surface area contributed by atoms with E-state index in [1.807, 2.05) is 18.2 Å². The molecule has 2 aromatic rings. The summed E-state index contributed by atoms with van der Waals surface area (Å²) in [6.07, 6.45) is 1.88. The highest BCUT2D eigenvalue weighted by molar-refractivity contribution is 5.92. The van der Waals surface area contributed by atoms with Crippen molar-refractivity contribution in [1.29, 1.82) is 0 Å². The Labute approximate surface area is 179 Å². The van der Waals surface area contributed by atoms with Gasteiger partial charge < -0.3 is 25.2 Å². The van der Waals surface area contributed by atoms with Gasteiger partial charge in [-0.2, -0.15) is 8.78 Å². The van der Waals surface area contributed by atoms with E-state index in [9.17, 15) is 18.4 Å². The predicted molar refractivity (Wildman–Crippen MR) is 112 cm³/mol. The smallest absolute Gasteiger partial charge is 0.387 e. The summed E-state index contributed by atoms with van der Waals surface area (Å²) in [5.41, 5.74) is 0.743. The van der Waals surface area contributed by atoms with Crippen molar-refractivity contribution in [2.45, 2.75) is 20.0 Å². The fraction of sp³-hybridized carbons (Fsp3) is 0.381. The highest BCUT2D eigenvalue weighted by Crippen LogP contribution is 2.29. The van der Waals surface area contributed by atoms with Crippen LogP contribution in [0, 0.1) is 6.92 Å². The van der Waals surface area contributed by atoms with Gasteiger partial charge in [0.25, 0.3) is 0 Å². The molecule has 1 aliphatic heterocycles. The number of alkyl halides is 2. The molecule has 1 fully saturated rings. The number of carbonyl (C=O) groups excluding carboxylic acids is 2. The average Bonchev–Trinajstić information content (AvgIpc) is 2.76. The number of hydrogen-bond donors (Lipinski definition) is 2. The van der Waals surface area contributed by atoms with E-state index in [-0.39, 0.29) is 30.3 Å². The van der Waals surface area contributed by atoms with Gasteiger partial charge in [-0.05, 0) is 30.7 Å². The molecular formula is C21H25F2N5O3. The second kappa shape index (κ2) is 10.6. The van der Waals surface area contributed by atoms with Crippen molar-refractivity contribution in [3.05, 3.63) is 48.2 Å². The van der Waals surface area contributed by atoms with E-state index in [1.165, 1.54) is 6.07 Å². The van der Waals surface area contributed by atoms with Crippen LogP contribution in [0.4, 0.5) is 25.1 Å². The van der Waals surface area contributed by atoms with Gasteiger partial charge in [0.05, 0.1) is 5.69 Å². The molecule has 166 valence electrons. The topological polar surface area (TPSA) is 86.8 Å². The minimum atomic E-state index is -3.00. The van der Waals surface area contributed by atoms with Crippen molar-refractivity contribution in [3.8, 4) is 5.75 Å². The third-order valence-electron chi connectivity index (χ3n) is 4.92. The number of nitrogens with zero attached hydrogens (tertiary/aromatic N) is 3. The molecule has 2 heterocycles. The Morgan fingerprint density at radius 3 is 2.58 bits per heavy atom. The van der Waals surface area contributed by atoms with E-state index in [0.717, 1.165) is 5.82 Å². The minimum absolute atomic E-state index is 0.0569. The molecule has 3 amide bonds. The van der Waals surface area contributed by atoms with E-state index in [1.54, 1.807) is 30.2 Å². The van der Waals surface area contributed by atoms with E-state index in [0.29, 0.717) is 31.7 Å². The molecule has 0 unspecified atom stereocenters. The fourth-order valence-electron chi connectivity index (χ4n) is 3.32. The van der Waals surface area contributed by atoms with Gasteiger partial charge in [0.1, 0.15) is 11.6 Å². The third kappa shape index (κ3) is 6.27. The number of hydrogen-bond acceptors (Lipinski definition) is 5. The maximum absolute atomic E-state index is 12.6. The summed E-state index contributed by atoms with van der Waals surface area (Å²) in [5.74, 6) is 0.713. The zero-order valence-electron chi connectivity index (χ0n) is 17.2. The number of anilines is 2. The summed E-state index contributed by atoms with van der Waals surface area (Å²) in [6, 6.07) is 9.70. The molecule has 0 spiro atoms. The number of urea groups is 1. The Kier molecular flexibility index (Phi) is 7.58. The first-order valence-corrected chi connectivity index (χ1v) is 9.97. The normalized spacial score (nSPS) is 13.8. The number of rotatable bonds is 7. The number of aryl methyl sites for hydroxylation is 1. The van der Waals surface area contributed by atoms with Gasteiger partial charge in [-0.3, -0.25) is 4.79 Å². The first kappa shape index (κ1) is 22.3. The minimum Gasteiger partial charge on any atom is -0.433 e. The first-order valence-electron chi connectivity index (χ1n) is 9.97. The molecule has 0 aliphatic carbocycles. The van der Waals surface area contributed by atoms with Crippen molar-refractivity contribution in [2.24, 2.45) is 0 Å². The molecule has 3 rings (SSSR count). The molecule has 2 N–H and O–H groups in total. The number of amides is 3. The van der Waals surface area contributed by atoms with Crippen molar-refractivity contribution in [2.75, 3.05) is 42.9 Å². The van der Waals surface area contributed by atoms with Crippen LogP contribution in [0.2, 0.25) is 0 Å². The molecule has 1 aromatic carbocycles. The maximum atomic E-state index is 12.6. The first-order chi connectivity index (χ1) is 14.9. The van der Waals surface area contributed by atoms with Crippen molar-refractivity contribution in [3.63, 3.8) is 0 Å². The van der Waals surface area contributed by atoms with Crippen LogP contribution in [0.25, 0.3) is 0 Å². The van der Waals surface area contributed by atoms with Gasteiger partial charge in [0, 0.05) is 45.3 Å². The van der Waals surface area contributed by atoms with Gasteiger partial charge >= 0.3 is 12.6 Å². The number of nitrogens with one attached hydrogen (secondary N) is 2. The summed E-state index contributed by atoms with van der Waals surface area (Å²) >= 11 is 0. The molecule has 8 nitrogen and oxygen atoms in total. The van der Waals surface area contributed by atoms with Crippen molar-refractivity contribution < 1.29 is 23.1 Å². The van der Waals surface area contributed by atoms with Crippen LogP contribution in [-0.4, -0.2) is 61.2 Å². The quantitative estimate of drug-likeness (QED) is 0.701. The summed E-state index contributed by atoms with van der Waals surface area (Å²) in [7, 11) is 0. The summed E-state index contributed by atoms with van der Waals surface area (Å²) in [5, 5.41) is 5.10. The average molecular weight is 433 g/mol. The van der Waals surface area contributed by atoms with Crippen molar-refractivity contribution in [1.82, 2.24) is 15.2 Å². The van der Waals surface area contributed by atoms with Gasteiger partial charge in [0.15, 0.2) is 0 Å². The van der Waals surface area contributed by atoms with Crippen LogP contribution in [0.5, 0.6) is 5.75 Å². The third-order valence-corrected chi connectivity index (χ3v) is 4.92. The van der Waals surface area contributed by atoms with E-state index >= 15 is 0 Å². The lowest BCUT2D eigenvalue weighted by molar-refractivity contribution is -0.131. The summed E-state index contributed by atoms with van der Waals surface area (Å²) in [4.78, 5) is 32.8. The van der Waals surface area contributed by atoms with E-state index in [4.69, 9.17) is 0 Å². The lowest BCUT2D eigenvalue weighted by Gasteiger charge is -2.35. The summed E-state index contributed by atoms with van der Waals surface area (Å²) in [6.45, 7) is 1.34. The number of ether oxygens (including phenoxy) is 1. The maximum Gasteiger partial charge on any atom is 0.387 e. The highest BCUT2D eigenvalue weighted by Gasteiger charge is 2.21. The largest absolute Gasteiger partial charge is 0.433 e. The fourth-order valence-corrected chi connectivity index (χ4v) is 3.32. The second-order valence-corrected chi connectivity index (χ2v) is 7.01. The molecule has 0 bridgehead atoms. The van der Waals surface area contributed by atoms with Crippen LogP contribution >= 0.6 is 0 Å². The number of para-hydroxylation sites is 1. The zero-order valence-corrected chi connectivity index (χ0v) is 17.2. The highest BCUT2D eigenvalue weighted by atomic mass is 19.3. The Hall–Kier alpha value is -3.43. The number of aromatic nitrogens is 1. The molecule has 0 radical (unpaired) electrons. The van der Waals surface area contributed by atoms with Crippen LogP contribution < -0.4 is 20.3 Å². The molecule has 0 saturated carbocycles. The Bertz CT molecular complexity index is 890. The molecule has 1 saturated heterocycles. The van der Waals surface area contributed by atoms with Gasteiger partial charge in [-0.1, -0.05) is 18.2 Å². The molecular weight excluding hydrogens is 408 g/mol. The number of benzene rings is 1. The SMILES string of the molecule is Cc1cccc(OC(F)F)c1NC(=O)NCCC(=O)N1CCN(c2ccccn2)CC1. The van der Waals surface area contributed by atoms with Crippen LogP contribution in [-0.2, 0) is 4.79 Å². The number of halogens is 2. The van der Waals surface area contributed by atoms with Gasteiger partial charge in [0.2, 0.25) is 5.91 Å². The molecule has 1 aromatic heterocycles. The van der Waals surface area contributed by atoms with Gasteiger partial charge in [-0.15, -0.1) is 0 Å². The standard InChI is InChI=1S/C21H25F2N5O3/c1-15-5-4-6-16(31-20(22)23)19(15)26-21(30)25-10-8-18(29)28-13-11-27(12-14-28)17-7-2-3-9-24-17/h2-7,9,20H,8,10-14H2,1H3,(H2,25,26,30). The van der Waals surface area contributed by atoms with Crippen LogP contribution in [0.15, 0.2) is 42.6 Å². The number of pyridine rings is 1. The second-order valence-electron chi connectivity index (χ2n) is 7.01. The Morgan fingerprint density at radius 1 is 1.13 bits per heavy atom. The van der Waals surface area contributed by atoms with Gasteiger partial charge in [-0.25, -0.2) is 9.78 Å². The van der Waals surface area contributed by atoms with E-state index in [2.05, 4.69) is 25.3 Å². The van der Waals surface area contributed by atoms with Crippen molar-refractivity contribution >= 4 is 23.4 Å². The molecule has 1 aliphatic rings. The number of carbonyl (C=O) groups is 2. The molecule has 10 heteroatoms. The lowest BCUT2D eigenvalue weighted by atomic mass is 10.2. The number of piperazine rings is 1. The molecule has 0 atom stereocenters.